The largest absolute Gasteiger partial charge is 0.352 e. The van der Waals surface area contributed by atoms with Gasteiger partial charge in [0.15, 0.2) is 0 Å². The average molecular weight is 237 g/mol. The average Bonchev–Trinajstić information content (AvgIpc) is 2.36. The van der Waals surface area contributed by atoms with E-state index < -0.39 is 0 Å². The number of anilines is 1. The van der Waals surface area contributed by atoms with Crippen LogP contribution in [0.25, 0.3) is 0 Å². The van der Waals surface area contributed by atoms with E-state index in [-0.39, 0.29) is 5.41 Å². The molecule has 0 unspecified atom stereocenters. The molecule has 0 radical (unpaired) electrons. The molecule has 0 atom stereocenters. The summed E-state index contributed by atoms with van der Waals surface area (Å²) in [6.45, 7) is 9.63. The van der Waals surface area contributed by atoms with Gasteiger partial charge in [0.2, 0.25) is 5.95 Å². The molecule has 96 valence electrons. The molecule has 0 saturated heterocycles. The number of aryl methyl sites for hydroxylation is 2. The SMILES string of the molecule is CCC(CC)(CN)CNc1nnc(C)c(C)n1. The van der Waals surface area contributed by atoms with Gasteiger partial charge in [0.05, 0.1) is 11.4 Å². The second-order valence-electron chi connectivity index (χ2n) is 4.57. The van der Waals surface area contributed by atoms with Gasteiger partial charge in [-0.25, -0.2) is 4.98 Å². The molecule has 5 heteroatoms. The number of nitrogens with one attached hydrogen (secondary N) is 1. The van der Waals surface area contributed by atoms with E-state index in [9.17, 15) is 0 Å². The van der Waals surface area contributed by atoms with E-state index in [4.69, 9.17) is 5.73 Å². The van der Waals surface area contributed by atoms with Crippen molar-refractivity contribution < 1.29 is 0 Å². The van der Waals surface area contributed by atoms with Crippen LogP contribution in [0.15, 0.2) is 0 Å². The summed E-state index contributed by atoms with van der Waals surface area (Å²) >= 11 is 0. The number of aromatic nitrogens is 3. The van der Waals surface area contributed by atoms with Gasteiger partial charge in [0.1, 0.15) is 0 Å². The molecule has 0 saturated carbocycles. The van der Waals surface area contributed by atoms with Gasteiger partial charge >= 0.3 is 0 Å². The molecule has 0 amide bonds. The highest BCUT2D eigenvalue weighted by molar-refractivity contribution is 5.25. The van der Waals surface area contributed by atoms with Crippen LogP contribution in [0.1, 0.15) is 38.1 Å². The van der Waals surface area contributed by atoms with Gasteiger partial charge in [-0.1, -0.05) is 13.8 Å². The predicted molar refractivity (Wildman–Crippen MR) is 69.9 cm³/mol. The summed E-state index contributed by atoms with van der Waals surface area (Å²) in [5, 5.41) is 11.3. The predicted octanol–water partition coefficient (Wildman–Crippen LogP) is 1.67. The van der Waals surface area contributed by atoms with Crippen molar-refractivity contribution in [2.24, 2.45) is 11.1 Å². The first-order valence-corrected chi connectivity index (χ1v) is 6.18. The van der Waals surface area contributed by atoms with Gasteiger partial charge in [-0.05, 0) is 38.6 Å². The van der Waals surface area contributed by atoms with Crippen LogP contribution in [0.3, 0.4) is 0 Å². The zero-order chi connectivity index (χ0) is 12.9. The highest BCUT2D eigenvalue weighted by Crippen LogP contribution is 2.24. The molecule has 0 aliphatic rings. The third-order valence-electron chi connectivity index (χ3n) is 3.65. The van der Waals surface area contributed by atoms with Crippen LogP contribution in [-0.2, 0) is 0 Å². The van der Waals surface area contributed by atoms with E-state index in [1.807, 2.05) is 13.8 Å². The van der Waals surface area contributed by atoms with Crippen LogP contribution in [-0.4, -0.2) is 28.3 Å². The Kier molecular flexibility index (Phi) is 4.81. The van der Waals surface area contributed by atoms with Gasteiger partial charge in [0, 0.05) is 6.54 Å². The molecule has 0 bridgehead atoms. The van der Waals surface area contributed by atoms with Gasteiger partial charge in [-0.2, -0.15) is 5.10 Å². The standard InChI is InChI=1S/C12H23N5/c1-5-12(6-2,7-13)8-14-11-15-9(3)10(4)16-17-11/h5-8,13H2,1-4H3,(H,14,15,17). The lowest BCUT2D eigenvalue weighted by Gasteiger charge is -2.30. The van der Waals surface area contributed by atoms with E-state index in [0.717, 1.165) is 30.8 Å². The first-order chi connectivity index (χ1) is 8.06. The molecule has 5 nitrogen and oxygen atoms in total. The Morgan fingerprint density at radius 2 is 1.76 bits per heavy atom. The summed E-state index contributed by atoms with van der Waals surface area (Å²) < 4.78 is 0. The molecule has 1 heterocycles. The lowest BCUT2D eigenvalue weighted by molar-refractivity contribution is 0.294. The first kappa shape index (κ1) is 13.8. The third kappa shape index (κ3) is 3.36. The molecule has 3 N–H and O–H groups in total. The van der Waals surface area contributed by atoms with Crippen molar-refractivity contribution >= 4 is 5.95 Å². The van der Waals surface area contributed by atoms with Gasteiger partial charge in [-0.3, -0.25) is 0 Å². The monoisotopic (exact) mass is 237 g/mol. The molecular weight excluding hydrogens is 214 g/mol. The van der Waals surface area contributed by atoms with Crippen molar-refractivity contribution in [2.75, 3.05) is 18.4 Å². The van der Waals surface area contributed by atoms with Crippen molar-refractivity contribution in [1.82, 2.24) is 15.2 Å². The minimum atomic E-state index is 0.127. The van der Waals surface area contributed by atoms with E-state index in [1.54, 1.807) is 0 Å². The normalized spacial score (nSPS) is 11.6. The highest BCUT2D eigenvalue weighted by atomic mass is 15.2. The molecule has 0 aromatic carbocycles. The molecule has 1 rings (SSSR count). The zero-order valence-corrected chi connectivity index (χ0v) is 11.2. The Morgan fingerprint density at radius 3 is 2.24 bits per heavy atom. The molecule has 0 aliphatic carbocycles. The maximum Gasteiger partial charge on any atom is 0.242 e. The molecule has 0 aliphatic heterocycles. The fraction of sp³-hybridized carbons (Fsp3) is 0.750. The highest BCUT2D eigenvalue weighted by Gasteiger charge is 2.24. The van der Waals surface area contributed by atoms with Crippen molar-refractivity contribution in [3.05, 3.63) is 11.4 Å². The van der Waals surface area contributed by atoms with E-state index in [2.05, 4.69) is 34.3 Å². The lowest BCUT2D eigenvalue weighted by atomic mass is 9.82. The van der Waals surface area contributed by atoms with Gasteiger partial charge < -0.3 is 11.1 Å². The van der Waals surface area contributed by atoms with Crippen LogP contribution >= 0.6 is 0 Å². The first-order valence-electron chi connectivity index (χ1n) is 6.18. The number of hydrogen-bond acceptors (Lipinski definition) is 5. The Hall–Kier alpha value is -1.23. The molecular formula is C12H23N5. The Morgan fingerprint density at radius 1 is 1.12 bits per heavy atom. The quantitative estimate of drug-likeness (QED) is 0.787. The summed E-state index contributed by atoms with van der Waals surface area (Å²) in [5.41, 5.74) is 7.76. The van der Waals surface area contributed by atoms with Crippen LogP contribution in [0, 0.1) is 19.3 Å². The van der Waals surface area contributed by atoms with Crippen molar-refractivity contribution in [3.8, 4) is 0 Å². The lowest BCUT2D eigenvalue weighted by Crippen LogP contribution is -2.36. The summed E-state index contributed by atoms with van der Waals surface area (Å²) in [6.07, 6.45) is 2.09. The minimum Gasteiger partial charge on any atom is -0.352 e. The number of hydrogen-bond donors (Lipinski definition) is 2. The Bertz CT molecular complexity index is 352. The summed E-state index contributed by atoms with van der Waals surface area (Å²) in [5.74, 6) is 0.591. The van der Waals surface area contributed by atoms with Crippen molar-refractivity contribution in [3.63, 3.8) is 0 Å². The second kappa shape index (κ2) is 5.91. The molecule has 1 aromatic heterocycles. The molecule has 0 spiro atoms. The van der Waals surface area contributed by atoms with Crippen molar-refractivity contribution in [2.45, 2.75) is 40.5 Å². The van der Waals surface area contributed by atoms with Crippen LogP contribution in [0.4, 0.5) is 5.95 Å². The number of nitrogens with two attached hydrogens (primary N) is 1. The molecule has 17 heavy (non-hydrogen) atoms. The number of rotatable bonds is 6. The summed E-state index contributed by atoms with van der Waals surface area (Å²) in [6, 6.07) is 0. The van der Waals surface area contributed by atoms with E-state index >= 15 is 0 Å². The topological polar surface area (TPSA) is 76.7 Å². The van der Waals surface area contributed by atoms with E-state index in [0.29, 0.717) is 12.5 Å². The smallest absolute Gasteiger partial charge is 0.242 e. The fourth-order valence-corrected chi connectivity index (χ4v) is 1.66. The van der Waals surface area contributed by atoms with E-state index in [1.165, 1.54) is 0 Å². The third-order valence-corrected chi connectivity index (χ3v) is 3.65. The van der Waals surface area contributed by atoms with Crippen molar-refractivity contribution in [1.29, 1.82) is 0 Å². The summed E-state index contributed by atoms with van der Waals surface area (Å²) in [7, 11) is 0. The number of nitrogens with zero attached hydrogens (tertiary/aromatic N) is 3. The Balaban J connectivity index is 2.68. The molecule has 0 fully saturated rings. The second-order valence-corrected chi connectivity index (χ2v) is 4.57. The van der Waals surface area contributed by atoms with Crippen LogP contribution < -0.4 is 11.1 Å². The maximum absolute atomic E-state index is 5.85. The Labute approximate surface area is 103 Å². The van der Waals surface area contributed by atoms with Crippen LogP contribution in [0.5, 0.6) is 0 Å². The van der Waals surface area contributed by atoms with Gasteiger partial charge in [0.25, 0.3) is 0 Å². The molecule has 1 aromatic rings. The minimum absolute atomic E-state index is 0.127. The fourth-order valence-electron chi connectivity index (χ4n) is 1.66. The summed E-state index contributed by atoms with van der Waals surface area (Å²) in [4.78, 5) is 4.35. The van der Waals surface area contributed by atoms with Crippen LogP contribution in [0.2, 0.25) is 0 Å². The maximum atomic E-state index is 5.85. The van der Waals surface area contributed by atoms with Gasteiger partial charge in [-0.15, -0.1) is 5.10 Å². The zero-order valence-electron chi connectivity index (χ0n) is 11.2.